The number of anilines is 1. The number of aromatic nitrogens is 4. The normalized spacial score (nSPS) is 12.0. The second kappa shape index (κ2) is 9.15. The molecular formula is C19H21ClN6O2S. The SMILES string of the molecule is CCc1nnnn1-c1ccccc1NC(=O)[C@H](NC(=O)c1ccc(Cl)s1)C(C)C. The topological polar surface area (TPSA) is 102 Å². The predicted molar refractivity (Wildman–Crippen MR) is 113 cm³/mol. The van der Waals surface area contributed by atoms with Crippen LogP contribution in [-0.2, 0) is 11.2 Å². The number of aryl methyl sites for hydroxylation is 1. The van der Waals surface area contributed by atoms with Gasteiger partial charge in [-0.1, -0.05) is 44.5 Å². The van der Waals surface area contributed by atoms with Crippen LogP contribution in [0.1, 0.15) is 36.3 Å². The van der Waals surface area contributed by atoms with Crippen molar-refractivity contribution in [1.82, 2.24) is 25.5 Å². The summed E-state index contributed by atoms with van der Waals surface area (Å²) in [4.78, 5) is 25.9. The first-order valence-electron chi connectivity index (χ1n) is 9.14. The van der Waals surface area contributed by atoms with E-state index in [0.717, 1.165) is 0 Å². The van der Waals surface area contributed by atoms with Gasteiger partial charge < -0.3 is 10.6 Å². The lowest BCUT2D eigenvalue weighted by molar-refractivity contribution is -0.118. The molecule has 3 aromatic rings. The highest BCUT2D eigenvalue weighted by atomic mass is 35.5. The van der Waals surface area contributed by atoms with Gasteiger partial charge in [-0.15, -0.1) is 16.4 Å². The summed E-state index contributed by atoms with van der Waals surface area (Å²) in [5.41, 5.74) is 1.21. The number of thiophene rings is 1. The fourth-order valence-electron chi connectivity index (χ4n) is 2.77. The lowest BCUT2D eigenvalue weighted by Gasteiger charge is -2.22. The predicted octanol–water partition coefficient (Wildman–Crippen LogP) is 3.33. The zero-order valence-corrected chi connectivity index (χ0v) is 17.8. The molecule has 2 aromatic heterocycles. The van der Waals surface area contributed by atoms with Gasteiger partial charge in [0, 0.05) is 6.42 Å². The van der Waals surface area contributed by atoms with E-state index in [9.17, 15) is 9.59 Å². The summed E-state index contributed by atoms with van der Waals surface area (Å²) < 4.78 is 2.11. The minimum absolute atomic E-state index is 0.124. The van der Waals surface area contributed by atoms with Crippen LogP contribution in [0.2, 0.25) is 4.34 Å². The molecule has 0 saturated heterocycles. The number of para-hydroxylation sites is 2. The third-order valence-corrected chi connectivity index (χ3v) is 5.50. The number of tetrazole rings is 1. The molecule has 2 heterocycles. The Kier molecular flexibility index (Phi) is 6.60. The number of carbonyl (C=O) groups is 2. The highest BCUT2D eigenvalue weighted by Crippen LogP contribution is 2.23. The molecule has 152 valence electrons. The van der Waals surface area contributed by atoms with Gasteiger partial charge in [-0.25, -0.2) is 0 Å². The van der Waals surface area contributed by atoms with Crippen molar-refractivity contribution >= 4 is 40.4 Å². The molecule has 0 aliphatic heterocycles. The van der Waals surface area contributed by atoms with E-state index in [1.165, 1.54) is 11.3 Å². The van der Waals surface area contributed by atoms with Gasteiger partial charge in [-0.3, -0.25) is 9.59 Å². The molecule has 0 fully saturated rings. The Morgan fingerprint density at radius 2 is 1.97 bits per heavy atom. The molecule has 1 atom stereocenters. The maximum Gasteiger partial charge on any atom is 0.262 e. The van der Waals surface area contributed by atoms with Crippen LogP contribution in [-0.4, -0.2) is 38.1 Å². The Labute approximate surface area is 177 Å². The monoisotopic (exact) mass is 432 g/mol. The lowest BCUT2D eigenvalue weighted by atomic mass is 10.0. The minimum atomic E-state index is -0.726. The summed E-state index contributed by atoms with van der Waals surface area (Å²) in [6.07, 6.45) is 0.642. The number of nitrogens with zero attached hydrogens (tertiary/aromatic N) is 4. The Hall–Kier alpha value is -2.78. The Morgan fingerprint density at radius 1 is 1.21 bits per heavy atom. The molecule has 29 heavy (non-hydrogen) atoms. The maximum atomic E-state index is 13.0. The molecule has 8 nitrogen and oxygen atoms in total. The van der Waals surface area contributed by atoms with Crippen LogP contribution in [0.4, 0.5) is 5.69 Å². The Bertz CT molecular complexity index is 1020. The number of benzene rings is 1. The van der Waals surface area contributed by atoms with E-state index in [0.29, 0.717) is 32.8 Å². The smallest absolute Gasteiger partial charge is 0.262 e. The highest BCUT2D eigenvalue weighted by Gasteiger charge is 2.26. The molecule has 0 radical (unpaired) electrons. The van der Waals surface area contributed by atoms with Crippen molar-refractivity contribution in [1.29, 1.82) is 0 Å². The number of hydrogen-bond donors (Lipinski definition) is 2. The quantitative estimate of drug-likeness (QED) is 0.596. The number of hydrogen-bond acceptors (Lipinski definition) is 6. The molecule has 0 spiro atoms. The average Bonchev–Trinajstić information content (AvgIpc) is 3.34. The highest BCUT2D eigenvalue weighted by molar-refractivity contribution is 7.18. The van der Waals surface area contributed by atoms with E-state index in [4.69, 9.17) is 11.6 Å². The van der Waals surface area contributed by atoms with Gasteiger partial charge in [-0.2, -0.15) is 4.68 Å². The second-order valence-electron chi connectivity index (χ2n) is 6.67. The Balaban J connectivity index is 1.81. The van der Waals surface area contributed by atoms with Crippen molar-refractivity contribution in [3.05, 3.63) is 51.4 Å². The van der Waals surface area contributed by atoms with Gasteiger partial charge in [0.2, 0.25) is 5.91 Å². The molecule has 2 amide bonds. The van der Waals surface area contributed by atoms with Crippen LogP contribution in [0, 0.1) is 5.92 Å². The number of amides is 2. The van der Waals surface area contributed by atoms with E-state index in [-0.39, 0.29) is 17.7 Å². The molecule has 0 aliphatic carbocycles. The summed E-state index contributed by atoms with van der Waals surface area (Å²) >= 11 is 7.07. The number of rotatable bonds is 7. The molecule has 10 heteroatoms. The third kappa shape index (κ3) is 4.80. The van der Waals surface area contributed by atoms with Crippen LogP contribution < -0.4 is 10.6 Å². The van der Waals surface area contributed by atoms with E-state index < -0.39 is 6.04 Å². The van der Waals surface area contributed by atoms with E-state index in [1.807, 2.05) is 39.0 Å². The van der Waals surface area contributed by atoms with E-state index >= 15 is 0 Å². The molecule has 2 N–H and O–H groups in total. The third-order valence-electron chi connectivity index (χ3n) is 4.27. The minimum Gasteiger partial charge on any atom is -0.339 e. The maximum absolute atomic E-state index is 13.0. The fourth-order valence-corrected chi connectivity index (χ4v) is 3.72. The zero-order valence-electron chi connectivity index (χ0n) is 16.2. The van der Waals surface area contributed by atoms with E-state index in [1.54, 1.807) is 22.9 Å². The van der Waals surface area contributed by atoms with Gasteiger partial charge >= 0.3 is 0 Å². The van der Waals surface area contributed by atoms with Crippen LogP contribution in [0.25, 0.3) is 5.69 Å². The molecule has 0 bridgehead atoms. The molecule has 1 aromatic carbocycles. The molecular weight excluding hydrogens is 412 g/mol. The summed E-state index contributed by atoms with van der Waals surface area (Å²) in [7, 11) is 0. The van der Waals surface area contributed by atoms with Gasteiger partial charge in [0.25, 0.3) is 5.91 Å². The average molecular weight is 433 g/mol. The van der Waals surface area contributed by atoms with Crippen molar-refractivity contribution in [2.75, 3.05) is 5.32 Å². The number of nitrogens with one attached hydrogen (secondary N) is 2. The van der Waals surface area contributed by atoms with Gasteiger partial charge in [0.15, 0.2) is 5.82 Å². The molecule has 0 unspecified atom stereocenters. The standard InChI is InChI=1S/C19H21ClN6O2S/c1-4-16-23-24-25-26(16)13-8-6-5-7-12(13)21-19(28)17(11(2)3)22-18(27)14-9-10-15(20)29-14/h5-11,17H,4H2,1-3H3,(H,21,28)(H,22,27)/t17-/m1/s1. The first-order valence-corrected chi connectivity index (χ1v) is 10.3. The van der Waals surface area contributed by atoms with Crippen LogP contribution in [0.5, 0.6) is 0 Å². The fraction of sp³-hybridized carbons (Fsp3) is 0.316. The molecule has 0 saturated carbocycles. The van der Waals surface area contributed by atoms with Gasteiger partial charge in [0.1, 0.15) is 6.04 Å². The first-order chi connectivity index (χ1) is 13.9. The summed E-state index contributed by atoms with van der Waals surface area (Å²) in [6, 6.07) is 9.81. The van der Waals surface area contributed by atoms with Crippen molar-refractivity contribution in [2.45, 2.75) is 33.2 Å². The van der Waals surface area contributed by atoms with Gasteiger partial charge in [0.05, 0.1) is 20.6 Å². The van der Waals surface area contributed by atoms with Gasteiger partial charge in [-0.05, 0) is 40.6 Å². The van der Waals surface area contributed by atoms with Crippen molar-refractivity contribution < 1.29 is 9.59 Å². The van der Waals surface area contributed by atoms with Crippen LogP contribution in [0.15, 0.2) is 36.4 Å². The summed E-state index contributed by atoms with van der Waals surface area (Å²) in [5.74, 6) is -0.108. The van der Waals surface area contributed by atoms with Crippen LogP contribution in [0.3, 0.4) is 0 Å². The summed E-state index contributed by atoms with van der Waals surface area (Å²) in [6.45, 7) is 5.69. The van der Waals surface area contributed by atoms with Crippen molar-refractivity contribution in [3.8, 4) is 5.69 Å². The first kappa shape index (κ1) is 20.9. The summed E-state index contributed by atoms with van der Waals surface area (Å²) in [5, 5.41) is 17.4. The van der Waals surface area contributed by atoms with Crippen molar-refractivity contribution in [3.63, 3.8) is 0 Å². The van der Waals surface area contributed by atoms with E-state index in [2.05, 4.69) is 26.2 Å². The molecule has 3 rings (SSSR count). The second-order valence-corrected chi connectivity index (χ2v) is 8.38. The Morgan fingerprint density at radius 3 is 2.62 bits per heavy atom. The van der Waals surface area contributed by atoms with Crippen LogP contribution >= 0.6 is 22.9 Å². The van der Waals surface area contributed by atoms with Crippen molar-refractivity contribution in [2.24, 2.45) is 5.92 Å². The number of carbonyl (C=O) groups excluding carboxylic acids is 2. The largest absolute Gasteiger partial charge is 0.339 e. The zero-order chi connectivity index (χ0) is 21.0. The lowest BCUT2D eigenvalue weighted by Crippen LogP contribution is -2.47. The number of halogens is 1. The molecule has 0 aliphatic rings.